The molecule has 8 nitrogen and oxygen atoms in total. The molecule has 0 radical (unpaired) electrons. The Morgan fingerprint density at radius 1 is 1.23 bits per heavy atom. The summed E-state index contributed by atoms with van der Waals surface area (Å²) in [4.78, 5) is 18.8. The molecule has 4 rings (SSSR count). The highest BCUT2D eigenvalue weighted by Gasteiger charge is 2.28. The molecule has 0 saturated carbocycles. The van der Waals surface area contributed by atoms with E-state index in [1.165, 1.54) is 4.31 Å². The number of ether oxygens (including phenoxy) is 1. The van der Waals surface area contributed by atoms with Crippen molar-refractivity contribution in [3.8, 4) is 0 Å². The average Bonchev–Trinajstić information content (AvgIpc) is 3.38. The molecule has 2 fully saturated rings. The molecule has 0 bridgehead atoms. The molecule has 9 heteroatoms. The monoisotopic (exact) mass is 430 g/mol. The van der Waals surface area contributed by atoms with E-state index in [0.29, 0.717) is 37.4 Å². The van der Waals surface area contributed by atoms with Crippen LogP contribution in [0.1, 0.15) is 24.8 Å². The summed E-state index contributed by atoms with van der Waals surface area (Å²) in [7, 11) is -3.22. The highest BCUT2D eigenvalue weighted by molar-refractivity contribution is 7.93. The van der Waals surface area contributed by atoms with Crippen LogP contribution in [0, 0.1) is 0 Å². The van der Waals surface area contributed by atoms with E-state index in [-0.39, 0.29) is 17.9 Å². The maximum absolute atomic E-state index is 13.0. The van der Waals surface area contributed by atoms with E-state index in [1.807, 2.05) is 12.1 Å². The fraction of sp³-hybridized carbons (Fsp3) is 0.429. The number of hydrogen-bond acceptors (Lipinski definition) is 5. The lowest BCUT2D eigenvalue weighted by Crippen LogP contribution is -2.39. The zero-order chi connectivity index (χ0) is 21.0. The minimum absolute atomic E-state index is 0.0372. The van der Waals surface area contributed by atoms with E-state index in [1.54, 1.807) is 41.6 Å². The van der Waals surface area contributed by atoms with Crippen molar-refractivity contribution in [2.45, 2.75) is 31.9 Å². The number of carbonyl (C=O) groups excluding carboxylic acids is 1. The molecular formula is C21H26N4O4S. The number of hydrogen-bond donors (Lipinski definition) is 1. The number of sulfonamides is 1. The van der Waals surface area contributed by atoms with Crippen molar-refractivity contribution in [2.24, 2.45) is 0 Å². The number of carbonyl (C=O) groups is 1. The van der Waals surface area contributed by atoms with Crippen LogP contribution >= 0.6 is 0 Å². The van der Waals surface area contributed by atoms with Gasteiger partial charge in [0.25, 0.3) is 0 Å². The molecule has 2 amide bonds. The Morgan fingerprint density at radius 2 is 2.07 bits per heavy atom. The first-order valence-corrected chi connectivity index (χ1v) is 11.8. The van der Waals surface area contributed by atoms with Crippen molar-refractivity contribution < 1.29 is 17.9 Å². The number of amides is 2. The molecule has 30 heavy (non-hydrogen) atoms. The first kappa shape index (κ1) is 20.6. The summed E-state index contributed by atoms with van der Waals surface area (Å²) in [5.74, 6) is 0.179. The van der Waals surface area contributed by atoms with Gasteiger partial charge in [0, 0.05) is 44.3 Å². The second-order valence-electron chi connectivity index (χ2n) is 7.60. The van der Waals surface area contributed by atoms with Gasteiger partial charge in [-0.2, -0.15) is 0 Å². The third kappa shape index (κ3) is 4.91. The predicted molar refractivity (Wildman–Crippen MR) is 115 cm³/mol. The fourth-order valence-electron chi connectivity index (χ4n) is 3.81. The van der Waals surface area contributed by atoms with Crippen LogP contribution in [-0.4, -0.2) is 55.9 Å². The van der Waals surface area contributed by atoms with Crippen LogP contribution in [0.5, 0.6) is 0 Å². The first-order chi connectivity index (χ1) is 14.5. The largest absolute Gasteiger partial charge is 0.376 e. The Morgan fingerprint density at radius 3 is 2.70 bits per heavy atom. The van der Waals surface area contributed by atoms with Crippen LogP contribution < -0.4 is 9.62 Å². The first-order valence-electron chi connectivity index (χ1n) is 10.2. The predicted octanol–water partition coefficient (Wildman–Crippen LogP) is 2.83. The number of nitrogens with one attached hydrogen (secondary N) is 1. The molecule has 3 heterocycles. The lowest BCUT2D eigenvalue weighted by molar-refractivity contribution is 0.0819. The fourth-order valence-corrected chi connectivity index (χ4v) is 5.37. The zero-order valence-corrected chi connectivity index (χ0v) is 17.6. The summed E-state index contributed by atoms with van der Waals surface area (Å²) in [6, 6.07) is 10.5. The van der Waals surface area contributed by atoms with Gasteiger partial charge in [-0.05, 0) is 55.2 Å². The van der Waals surface area contributed by atoms with Crippen LogP contribution in [0.2, 0.25) is 0 Å². The van der Waals surface area contributed by atoms with Gasteiger partial charge in [0.2, 0.25) is 10.0 Å². The number of urea groups is 1. The minimum Gasteiger partial charge on any atom is -0.376 e. The molecule has 2 aliphatic heterocycles. The number of anilines is 2. The molecule has 1 N–H and O–H groups in total. The van der Waals surface area contributed by atoms with E-state index < -0.39 is 10.0 Å². The quantitative estimate of drug-likeness (QED) is 0.761. The van der Waals surface area contributed by atoms with Gasteiger partial charge in [-0.25, -0.2) is 13.2 Å². The Balaban J connectivity index is 1.44. The van der Waals surface area contributed by atoms with Crippen molar-refractivity contribution in [3.05, 3.63) is 54.4 Å². The molecule has 1 aromatic carbocycles. The highest BCUT2D eigenvalue weighted by Crippen LogP contribution is 2.25. The van der Waals surface area contributed by atoms with E-state index in [4.69, 9.17) is 4.74 Å². The molecular weight excluding hydrogens is 404 g/mol. The van der Waals surface area contributed by atoms with E-state index in [2.05, 4.69) is 10.3 Å². The molecule has 1 aromatic heterocycles. The number of pyridine rings is 1. The van der Waals surface area contributed by atoms with Crippen molar-refractivity contribution >= 4 is 27.4 Å². The molecule has 2 aliphatic rings. The zero-order valence-electron chi connectivity index (χ0n) is 16.7. The van der Waals surface area contributed by atoms with Gasteiger partial charge in [-0.1, -0.05) is 6.07 Å². The lowest BCUT2D eigenvalue weighted by Gasteiger charge is -2.26. The Kier molecular flexibility index (Phi) is 6.19. The third-order valence-corrected chi connectivity index (χ3v) is 7.21. The standard InChI is InChI=1S/C21H26N4O4S/c26-21(23-18-6-8-19(9-7-18)25-11-3-13-30(25,27)28)24(16-20-5-2-12-29-20)15-17-4-1-10-22-14-17/h1,4,6-10,14,20H,2-3,5,11-13,15-16H2,(H,23,26)/t20-/m1/s1. The maximum Gasteiger partial charge on any atom is 0.322 e. The second kappa shape index (κ2) is 9.01. The van der Waals surface area contributed by atoms with E-state index >= 15 is 0 Å². The maximum atomic E-state index is 13.0. The molecule has 0 aliphatic carbocycles. The number of nitrogens with zero attached hydrogens (tertiary/aromatic N) is 3. The summed E-state index contributed by atoms with van der Waals surface area (Å²) >= 11 is 0. The summed E-state index contributed by atoms with van der Waals surface area (Å²) in [6.07, 6.45) is 6.07. The number of benzene rings is 1. The molecule has 2 saturated heterocycles. The normalized spacial score (nSPS) is 20.3. The second-order valence-corrected chi connectivity index (χ2v) is 9.61. The smallest absolute Gasteiger partial charge is 0.322 e. The van der Waals surface area contributed by atoms with Gasteiger partial charge in [0.1, 0.15) is 0 Å². The highest BCUT2D eigenvalue weighted by atomic mass is 32.2. The van der Waals surface area contributed by atoms with Crippen molar-refractivity contribution in [2.75, 3.05) is 35.1 Å². The SMILES string of the molecule is O=C(Nc1ccc(N2CCCS2(=O)=O)cc1)N(Cc1cccnc1)C[C@H]1CCCO1. The molecule has 0 spiro atoms. The number of aromatic nitrogens is 1. The molecule has 160 valence electrons. The van der Waals surface area contributed by atoms with Crippen molar-refractivity contribution in [3.63, 3.8) is 0 Å². The van der Waals surface area contributed by atoms with Gasteiger partial charge >= 0.3 is 6.03 Å². The number of rotatable bonds is 6. The van der Waals surface area contributed by atoms with Crippen molar-refractivity contribution in [1.82, 2.24) is 9.88 Å². The Hall–Kier alpha value is -2.65. The van der Waals surface area contributed by atoms with Crippen LogP contribution in [0.25, 0.3) is 0 Å². The summed E-state index contributed by atoms with van der Waals surface area (Å²) < 4.78 is 31.3. The minimum atomic E-state index is -3.22. The van der Waals surface area contributed by atoms with Gasteiger partial charge in [-0.15, -0.1) is 0 Å². The summed E-state index contributed by atoms with van der Waals surface area (Å²) in [5.41, 5.74) is 2.18. The van der Waals surface area contributed by atoms with Crippen LogP contribution in [0.15, 0.2) is 48.8 Å². The van der Waals surface area contributed by atoms with Gasteiger partial charge in [0.15, 0.2) is 0 Å². The van der Waals surface area contributed by atoms with E-state index in [0.717, 1.165) is 25.0 Å². The summed E-state index contributed by atoms with van der Waals surface area (Å²) in [6.45, 7) is 2.16. The Labute approximate surface area is 176 Å². The third-order valence-electron chi connectivity index (χ3n) is 5.34. The lowest BCUT2D eigenvalue weighted by atomic mass is 10.2. The van der Waals surface area contributed by atoms with E-state index in [9.17, 15) is 13.2 Å². The average molecular weight is 431 g/mol. The van der Waals surface area contributed by atoms with Gasteiger partial charge in [0.05, 0.1) is 17.5 Å². The van der Waals surface area contributed by atoms with Crippen LogP contribution in [0.4, 0.5) is 16.2 Å². The molecule has 2 aromatic rings. The van der Waals surface area contributed by atoms with Gasteiger partial charge in [-0.3, -0.25) is 9.29 Å². The Bertz CT molecular complexity index is 960. The van der Waals surface area contributed by atoms with Gasteiger partial charge < -0.3 is 15.0 Å². The van der Waals surface area contributed by atoms with Crippen molar-refractivity contribution in [1.29, 1.82) is 0 Å². The molecule has 0 unspecified atom stereocenters. The topological polar surface area (TPSA) is 91.8 Å². The van der Waals surface area contributed by atoms with Crippen LogP contribution in [-0.2, 0) is 21.3 Å². The van der Waals surface area contributed by atoms with Crippen LogP contribution in [0.3, 0.4) is 0 Å². The summed E-state index contributed by atoms with van der Waals surface area (Å²) in [5, 5.41) is 2.92. The molecule has 1 atom stereocenters.